The molecule has 0 radical (unpaired) electrons. The van der Waals surface area contributed by atoms with E-state index in [4.69, 9.17) is 4.74 Å². The minimum atomic E-state index is -4.33. The second-order valence-corrected chi connectivity index (χ2v) is 4.14. The highest BCUT2D eigenvalue weighted by Gasteiger charge is 2.32. The Hall–Kier alpha value is -1.23. The topological polar surface area (TPSA) is 21.3 Å². The number of ether oxygens (including phenoxy) is 1. The van der Waals surface area contributed by atoms with Gasteiger partial charge in [-0.05, 0) is 43.1 Å². The molecule has 1 aliphatic rings. The van der Waals surface area contributed by atoms with Gasteiger partial charge in [0.2, 0.25) is 0 Å². The molecule has 17 heavy (non-hydrogen) atoms. The van der Waals surface area contributed by atoms with Crippen LogP contribution in [0, 0.1) is 0 Å². The Morgan fingerprint density at radius 1 is 1.29 bits per heavy atom. The molecule has 1 fully saturated rings. The van der Waals surface area contributed by atoms with Crippen LogP contribution in [-0.2, 0) is 6.18 Å². The fraction of sp³-hybridized carbons (Fsp3) is 0.500. The maximum absolute atomic E-state index is 12.7. The SMILES string of the molecule is COc1cc([C@@H]2CCCN2)cc(C(F)(F)F)c1. The number of halogens is 3. The average Bonchev–Trinajstić information content (AvgIpc) is 2.80. The maximum atomic E-state index is 12.7. The fourth-order valence-electron chi connectivity index (χ4n) is 2.07. The van der Waals surface area contributed by atoms with Crippen LogP contribution >= 0.6 is 0 Å². The van der Waals surface area contributed by atoms with Gasteiger partial charge in [-0.15, -0.1) is 0 Å². The van der Waals surface area contributed by atoms with Gasteiger partial charge in [0.15, 0.2) is 0 Å². The Morgan fingerprint density at radius 2 is 2.06 bits per heavy atom. The van der Waals surface area contributed by atoms with E-state index in [2.05, 4.69) is 5.32 Å². The number of methoxy groups -OCH3 is 1. The highest BCUT2D eigenvalue weighted by molar-refractivity contribution is 5.37. The van der Waals surface area contributed by atoms with Crippen LogP contribution in [0.2, 0.25) is 0 Å². The molecule has 1 aliphatic heterocycles. The minimum absolute atomic E-state index is 0.00574. The van der Waals surface area contributed by atoms with E-state index >= 15 is 0 Å². The second-order valence-electron chi connectivity index (χ2n) is 4.14. The van der Waals surface area contributed by atoms with Crippen LogP contribution in [0.15, 0.2) is 18.2 Å². The summed E-state index contributed by atoms with van der Waals surface area (Å²) in [7, 11) is 1.38. The molecule has 0 aromatic heterocycles. The lowest BCUT2D eigenvalue weighted by Gasteiger charge is -2.15. The number of hydrogen-bond donors (Lipinski definition) is 1. The lowest BCUT2D eigenvalue weighted by Crippen LogP contribution is -2.14. The predicted molar refractivity (Wildman–Crippen MR) is 58.0 cm³/mol. The highest BCUT2D eigenvalue weighted by atomic mass is 19.4. The second kappa shape index (κ2) is 4.56. The number of alkyl halides is 3. The third kappa shape index (κ3) is 2.72. The van der Waals surface area contributed by atoms with Crippen LogP contribution in [-0.4, -0.2) is 13.7 Å². The normalized spacial score (nSPS) is 20.6. The molecule has 0 unspecified atom stereocenters. The van der Waals surface area contributed by atoms with Crippen molar-refractivity contribution in [3.8, 4) is 5.75 Å². The number of rotatable bonds is 2. The average molecular weight is 245 g/mol. The van der Waals surface area contributed by atoms with E-state index in [1.54, 1.807) is 6.07 Å². The molecule has 1 aromatic rings. The van der Waals surface area contributed by atoms with Gasteiger partial charge in [0.05, 0.1) is 12.7 Å². The Kier molecular flexibility index (Phi) is 3.28. The maximum Gasteiger partial charge on any atom is 0.416 e. The van der Waals surface area contributed by atoms with Crippen molar-refractivity contribution in [1.82, 2.24) is 5.32 Å². The molecular formula is C12H14F3NO. The van der Waals surface area contributed by atoms with E-state index in [1.807, 2.05) is 0 Å². The zero-order valence-electron chi connectivity index (χ0n) is 9.47. The van der Waals surface area contributed by atoms with Gasteiger partial charge in [-0.25, -0.2) is 0 Å². The van der Waals surface area contributed by atoms with Gasteiger partial charge >= 0.3 is 6.18 Å². The van der Waals surface area contributed by atoms with Crippen molar-refractivity contribution >= 4 is 0 Å². The van der Waals surface area contributed by atoms with Crippen LogP contribution in [0.3, 0.4) is 0 Å². The molecule has 0 amide bonds. The molecule has 0 spiro atoms. The summed E-state index contributed by atoms with van der Waals surface area (Å²) in [6.45, 7) is 0.850. The van der Waals surface area contributed by atoms with E-state index < -0.39 is 11.7 Å². The standard InChI is InChI=1S/C12H14F3NO/c1-17-10-6-8(11-3-2-4-16-11)5-9(7-10)12(13,14)15/h5-7,11,16H,2-4H2,1H3/t11-/m0/s1. The first-order valence-electron chi connectivity index (χ1n) is 5.50. The van der Waals surface area contributed by atoms with E-state index in [0.717, 1.165) is 25.5 Å². The molecule has 0 saturated carbocycles. The first kappa shape index (κ1) is 12.2. The molecule has 0 bridgehead atoms. The Labute approximate surface area is 97.8 Å². The van der Waals surface area contributed by atoms with E-state index in [-0.39, 0.29) is 11.8 Å². The monoisotopic (exact) mass is 245 g/mol. The van der Waals surface area contributed by atoms with Crippen molar-refractivity contribution in [3.63, 3.8) is 0 Å². The molecular weight excluding hydrogens is 231 g/mol. The summed E-state index contributed by atoms with van der Waals surface area (Å²) < 4.78 is 43.0. The van der Waals surface area contributed by atoms with Crippen molar-refractivity contribution in [2.24, 2.45) is 0 Å². The molecule has 94 valence electrons. The predicted octanol–water partition coefficient (Wildman–Crippen LogP) is 3.14. The molecule has 1 atom stereocenters. The molecule has 0 aliphatic carbocycles. The summed E-state index contributed by atoms with van der Waals surface area (Å²) in [4.78, 5) is 0. The van der Waals surface area contributed by atoms with Gasteiger partial charge in [-0.2, -0.15) is 13.2 Å². The Bertz CT molecular complexity index is 397. The van der Waals surface area contributed by atoms with E-state index in [9.17, 15) is 13.2 Å². The Balaban J connectivity index is 2.38. The van der Waals surface area contributed by atoms with Crippen LogP contribution < -0.4 is 10.1 Å². The summed E-state index contributed by atoms with van der Waals surface area (Å²) in [5.74, 6) is 0.253. The molecule has 1 heterocycles. The van der Waals surface area contributed by atoms with E-state index in [0.29, 0.717) is 5.56 Å². The minimum Gasteiger partial charge on any atom is -0.497 e. The third-order valence-electron chi connectivity index (χ3n) is 2.95. The van der Waals surface area contributed by atoms with Crippen molar-refractivity contribution < 1.29 is 17.9 Å². The lowest BCUT2D eigenvalue weighted by molar-refractivity contribution is -0.137. The van der Waals surface area contributed by atoms with E-state index in [1.165, 1.54) is 13.2 Å². The van der Waals surface area contributed by atoms with Gasteiger partial charge in [0.25, 0.3) is 0 Å². The van der Waals surface area contributed by atoms with Crippen LogP contribution in [0.4, 0.5) is 13.2 Å². The summed E-state index contributed by atoms with van der Waals surface area (Å²) >= 11 is 0. The highest BCUT2D eigenvalue weighted by Crippen LogP contribution is 2.35. The lowest BCUT2D eigenvalue weighted by atomic mass is 10.0. The number of nitrogens with one attached hydrogen (secondary N) is 1. The van der Waals surface area contributed by atoms with Gasteiger partial charge in [0.1, 0.15) is 5.75 Å². The first-order chi connectivity index (χ1) is 8.00. The summed E-state index contributed by atoms with van der Waals surface area (Å²) in [5, 5.41) is 3.18. The van der Waals surface area contributed by atoms with Gasteiger partial charge < -0.3 is 10.1 Å². The summed E-state index contributed by atoms with van der Waals surface area (Å²) in [6.07, 6.45) is -2.48. The van der Waals surface area contributed by atoms with Gasteiger partial charge in [-0.1, -0.05) is 0 Å². The first-order valence-corrected chi connectivity index (χ1v) is 5.50. The molecule has 5 heteroatoms. The number of benzene rings is 1. The number of hydrogen-bond acceptors (Lipinski definition) is 2. The molecule has 2 rings (SSSR count). The van der Waals surface area contributed by atoms with Crippen LogP contribution in [0.25, 0.3) is 0 Å². The Morgan fingerprint density at radius 3 is 2.59 bits per heavy atom. The summed E-state index contributed by atoms with van der Waals surface area (Å²) in [5.41, 5.74) is -0.00488. The molecule has 1 N–H and O–H groups in total. The molecule has 1 aromatic carbocycles. The van der Waals surface area contributed by atoms with Crippen molar-refractivity contribution in [3.05, 3.63) is 29.3 Å². The summed E-state index contributed by atoms with van der Waals surface area (Å²) in [6, 6.07) is 3.90. The zero-order valence-corrected chi connectivity index (χ0v) is 9.47. The van der Waals surface area contributed by atoms with Crippen LogP contribution in [0.5, 0.6) is 5.75 Å². The van der Waals surface area contributed by atoms with Crippen molar-refractivity contribution in [2.45, 2.75) is 25.1 Å². The van der Waals surface area contributed by atoms with Crippen LogP contribution in [0.1, 0.15) is 30.0 Å². The molecule has 1 saturated heterocycles. The van der Waals surface area contributed by atoms with Crippen molar-refractivity contribution in [1.29, 1.82) is 0 Å². The van der Waals surface area contributed by atoms with Gasteiger partial charge in [-0.3, -0.25) is 0 Å². The zero-order chi connectivity index (χ0) is 12.5. The van der Waals surface area contributed by atoms with Crippen molar-refractivity contribution in [2.75, 3.05) is 13.7 Å². The smallest absolute Gasteiger partial charge is 0.416 e. The largest absolute Gasteiger partial charge is 0.497 e. The van der Waals surface area contributed by atoms with Gasteiger partial charge in [0, 0.05) is 6.04 Å². The molecule has 2 nitrogen and oxygen atoms in total. The fourth-order valence-corrected chi connectivity index (χ4v) is 2.07. The quantitative estimate of drug-likeness (QED) is 0.864. The third-order valence-corrected chi connectivity index (χ3v) is 2.95.